The molecule has 0 aliphatic heterocycles. The van der Waals surface area contributed by atoms with Gasteiger partial charge in [-0.15, -0.1) is 0 Å². The van der Waals surface area contributed by atoms with E-state index in [9.17, 15) is 0 Å². The van der Waals surface area contributed by atoms with Gasteiger partial charge in [0.25, 0.3) is 0 Å². The normalized spacial score (nSPS) is 14.1. The topological polar surface area (TPSA) is 0 Å². The van der Waals surface area contributed by atoms with Gasteiger partial charge in [-0.1, -0.05) is 136 Å². The predicted molar refractivity (Wildman–Crippen MR) is 127 cm³/mol. The summed E-state index contributed by atoms with van der Waals surface area (Å²) in [6.45, 7) is 9.41. The van der Waals surface area contributed by atoms with Crippen LogP contribution >= 0.6 is 0 Å². The average Bonchev–Trinajstić information content (AvgIpc) is 2.69. The summed E-state index contributed by atoms with van der Waals surface area (Å²) in [4.78, 5) is 0. The Morgan fingerprint density at radius 2 is 0.741 bits per heavy atom. The van der Waals surface area contributed by atoms with E-state index >= 15 is 0 Å². The number of rotatable bonds is 21. The van der Waals surface area contributed by atoms with Gasteiger partial charge in [0.1, 0.15) is 0 Å². The zero-order chi connectivity index (χ0) is 20.0. The second-order valence-electron chi connectivity index (χ2n) is 9.25. The van der Waals surface area contributed by atoms with Crippen LogP contribution in [0.15, 0.2) is 12.2 Å². The van der Waals surface area contributed by atoms with Crippen LogP contribution in [0.1, 0.15) is 150 Å². The highest BCUT2D eigenvalue weighted by Gasteiger charge is 1.99. The van der Waals surface area contributed by atoms with E-state index in [4.69, 9.17) is 0 Å². The van der Waals surface area contributed by atoms with Crippen LogP contribution in [-0.4, -0.2) is 0 Å². The highest BCUT2D eigenvalue weighted by molar-refractivity contribution is 4.81. The fraction of sp³-hybridized carbons (Fsp3) is 0.926. The molecule has 0 amide bonds. The maximum absolute atomic E-state index is 2.44. The molecule has 0 bridgehead atoms. The molecule has 0 aromatic rings. The Morgan fingerprint density at radius 3 is 1.07 bits per heavy atom. The molecule has 0 nitrogen and oxygen atoms in total. The smallest absolute Gasteiger partial charge is 0.0351 e. The Morgan fingerprint density at radius 1 is 0.444 bits per heavy atom. The van der Waals surface area contributed by atoms with Gasteiger partial charge in [0, 0.05) is 0 Å². The molecule has 0 heteroatoms. The first-order chi connectivity index (χ1) is 13.2. The third-order valence-electron chi connectivity index (χ3n) is 6.45. The molecular weight excluding hydrogens is 324 g/mol. The quantitative estimate of drug-likeness (QED) is 0.138. The molecular formula is C27H54. The number of hydrogen-bond donors (Lipinski definition) is 0. The Kier molecular flexibility index (Phi) is 21.8. The molecule has 0 spiro atoms. The van der Waals surface area contributed by atoms with Crippen LogP contribution < -0.4 is 0 Å². The first-order valence-electron chi connectivity index (χ1n) is 12.9. The summed E-state index contributed by atoms with van der Waals surface area (Å²) >= 11 is 0. The average molecular weight is 379 g/mol. The zero-order valence-electron chi connectivity index (χ0n) is 19.7. The summed E-state index contributed by atoms with van der Waals surface area (Å²) in [7, 11) is 0. The molecule has 0 aromatic carbocycles. The summed E-state index contributed by atoms with van der Waals surface area (Å²) in [5.41, 5.74) is 0. The number of allylic oxidation sites excluding steroid dienone is 2. The van der Waals surface area contributed by atoms with E-state index in [1.165, 1.54) is 122 Å². The lowest BCUT2D eigenvalue weighted by molar-refractivity contribution is 0.469. The summed E-state index contributed by atoms with van der Waals surface area (Å²) in [5.74, 6) is 1.88. The van der Waals surface area contributed by atoms with Crippen molar-refractivity contribution in [3.63, 3.8) is 0 Å². The van der Waals surface area contributed by atoms with Gasteiger partial charge < -0.3 is 0 Å². The van der Waals surface area contributed by atoms with E-state index in [1.54, 1.807) is 0 Å². The lowest BCUT2D eigenvalue weighted by Crippen LogP contribution is -1.91. The fourth-order valence-electron chi connectivity index (χ4n) is 3.74. The SMILES string of the molecule is CCC(C)CCCCCCC/C=C\CCCCCCCCCCC(C)CC. The standard InChI is InChI=1S/C27H54/c1-5-26(3)24-22-20-18-16-14-12-10-8-7-9-11-13-15-17-19-21-23-25-27(4)6-2/h8,10,26-27H,5-7,9,11-25H2,1-4H3/b10-8-. The largest absolute Gasteiger partial charge is 0.0885 e. The van der Waals surface area contributed by atoms with Crippen LogP contribution in [0.4, 0.5) is 0 Å². The highest BCUT2D eigenvalue weighted by Crippen LogP contribution is 2.16. The molecule has 0 rings (SSSR count). The van der Waals surface area contributed by atoms with Crippen LogP contribution in [0.2, 0.25) is 0 Å². The number of unbranched alkanes of at least 4 members (excludes halogenated alkanes) is 13. The molecule has 0 saturated heterocycles. The van der Waals surface area contributed by atoms with E-state index in [-0.39, 0.29) is 0 Å². The first-order valence-corrected chi connectivity index (χ1v) is 12.9. The van der Waals surface area contributed by atoms with Gasteiger partial charge in [-0.25, -0.2) is 0 Å². The molecule has 0 saturated carbocycles. The Bertz CT molecular complexity index is 290. The van der Waals surface area contributed by atoms with Crippen molar-refractivity contribution < 1.29 is 0 Å². The van der Waals surface area contributed by atoms with Gasteiger partial charge in [-0.2, -0.15) is 0 Å². The lowest BCUT2D eigenvalue weighted by atomic mass is 9.99. The zero-order valence-corrected chi connectivity index (χ0v) is 19.7. The van der Waals surface area contributed by atoms with Gasteiger partial charge in [0.2, 0.25) is 0 Å². The van der Waals surface area contributed by atoms with Gasteiger partial charge >= 0.3 is 0 Å². The summed E-state index contributed by atoms with van der Waals surface area (Å²) in [5, 5.41) is 0. The molecule has 0 aliphatic rings. The van der Waals surface area contributed by atoms with E-state index in [0.29, 0.717) is 0 Å². The van der Waals surface area contributed by atoms with Crippen LogP contribution in [0.5, 0.6) is 0 Å². The molecule has 27 heavy (non-hydrogen) atoms. The fourth-order valence-corrected chi connectivity index (χ4v) is 3.74. The van der Waals surface area contributed by atoms with E-state index in [0.717, 1.165) is 11.8 Å². The van der Waals surface area contributed by atoms with Crippen LogP contribution in [0.25, 0.3) is 0 Å². The maximum atomic E-state index is 2.44. The third-order valence-corrected chi connectivity index (χ3v) is 6.45. The van der Waals surface area contributed by atoms with Crippen molar-refractivity contribution in [1.82, 2.24) is 0 Å². The summed E-state index contributed by atoms with van der Waals surface area (Å²) in [6.07, 6.45) is 31.9. The Balaban J connectivity index is 3.13. The van der Waals surface area contributed by atoms with Crippen LogP contribution in [-0.2, 0) is 0 Å². The van der Waals surface area contributed by atoms with Crippen molar-refractivity contribution in [2.24, 2.45) is 11.8 Å². The summed E-state index contributed by atoms with van der Waals surface area (Å²) in [6, 6.07) is 0. The highest BCUT2D eigenvalue weighted by atomic mass is 14.0. The second kappa shape index (κ2) is 22.0. The minimum Gasteiger partial charge on any atom is -0.0885 e. The molecule has 0 heterocycles. The summed E-state index contributed by atoms with van der Waals surface area (Å²) < 4.78 is 0. The predicted octanol–water partition coefficient (Wildman–Crippen LogP) is 10.3. The molecule has 2 atom stereocenters. The van der Waals surface area contributed by atoms with E-state index < -0.39 is 0 Å². The van der Waals surface area contributed by atoms with Gasteiger partial charge in [-0.3, -0.25) is 0 Å². The molecule has 2 unspecified atom stereocenters. The van der Waals surface area contributed by atoms with Crippen molar-refractivity contribution in [3.05, 3.63) is 12.2 Å². The lowest BCUT2D eigenvalue weighted by Gasteiger charge is -2.07. The molecule has 0 aliphatic carbocycles. The van der Waals surface area contributed by atoms with Gasteiger partial charge in [-0.05, 0) is 37.5 Å². The monoisotopic (exact) mass is 378 g/mol. The van der Waals surface area contributed by atoms with Crippen molar-refractivity contribution >= 4 is 0 Å². The molecule has 0 N–H and O–H groups in total. The molecule has 0 aromatic heterocycles. The molecule has 162 valence electrons. The second-order valence-corrected chi connectivity index (χ2v) is 9.25. The van der Waals surface area contributed by atoms with Crippen molar-refractivity contribution in [2.75, 3.05) is 0 Å². The molecule has 0 radical (unpaired) electrons. The third kappa shape index (κ3) is 21.9. The van der Waals surface area contributed by atoms with Crippen molar-refractivity contribution in [1.29, 1.82) is 0 Å². The van der Waals surface area contributed by atoms with Gasteiger partial charge in [0.15, 0.2) is 0 Å². The first kappa shape index (κ1) is 26.7. The number of hydrogen-bond acceptors (Lipinski definition) is 0. The van der Waals surface area contributed by atoms with Crippen molar-refractivity contribution in [2.45, 2.75) is 150 Å². The Hall–Kier alpha value is -0.260. The molecule has 0 fully saturated rings. The maximum Gasteiger partial charge on any atom is -0.0351 e. The van der Waals surface area contributed by atoms with E-state index in [1.807, 2.05) is 0 Å². The van der Waals surface area contributed by atoms with Crippen molar-refractivity contribution in [3.8, 4) is 0 Å². The van der Waals surface area contributed by atoms with Gasteiger partial charge in [0.05, 0.1) is 0 Å². The minimum atomic E-state index is 0.937. The Labute approximate surface area is 174 Å². The van der Waals surface area contributed by atoms with Crippen LogP contribution in [0.3, 0.4) is 0 Å². The minimum absolute atomic E-state index is 0.937. The van der Waals surface area contributed by atoms with Crippen LogP contribution in [0, 0.1) is 11.8 Å². The van der Waals surface area contributed by atoms with E-state index in [2.05, 4.69) is 39.8 Å².